The molecule has 0 aromatic rings. The summed E-state index contributed by atoms with van der Waals surface area (Å²) in [5.74, 6) is -4.44. The number of carbonyl (C=O) groups excluding carboxylic acids is 1. The van der Waals surface area contributed by atoms with Gasteiger partial charge in [-0.2, -0.15) is 0 Å². The van der Waals surface area contributed by atoms with Crippen molar-refractivity contribution in [2.75, 3.05) is 0 Å². The molecule has 0 saturated heterocycles. The molecular weight excluding hydrogens is 168 g/mol. The second kappa shape index (κ2) is 5.64. The summed E-state index contributed by atoms with van der Waals surface area (Å²) in [7, 11) is 0. The molecule has 6 heteroatoms. The van der Waals surface area contributed by atoms with Gasteiger partial charge in [0, 0.05) is 0 Å². The van der Waals surface area contributed by atoms with Crippen molar-refractivity contribution in [2.24, 2.45) is 0 Å². The standard InChI is InChI=1S/C4H4O5.Ca.2H/c5-2(4(8)9)1-3(6)7;;;/h1H2,(H,6,7)(H,8,9);;;. The van der Waals surface area contributed by atoms with Crippen LogP contribution in [-0.4, -0.2) is 65.7 Å². The molecule has 54 valence electrons. The van der Waals surface area contributed by atoms with Crippen LogP contribution >= 0.6 is 0 Å². The second-order valence-electron chi connectivity index (χ2n) is 1.30. The van der Waals surface area contributed by atoms with E-state index in [2.05, 4.69) is 0 Å². The number of hydrogen-bond acceptors (Lipinski definition) is 3. The number of ketones is 1. The van der Waals surface area contributed by atoms with Gasteiger partial charge in [-0.3, -0.25) is 9.59 Å². The fourth-order valence-electron chi connectivity index (χ4n) is 0.213. The van der Waals surface area contributed by atoms with Crippen molar-refractivity contribution in [3.8, 4) is 0 Å². The van der Waals surface area contributed by atoms with Crippen LogP contribution in [0.1, 0.15) is 6.42 Å². The molecule has 0 fully saturated rings. The Morgan fingerprint density at radius 2 is 1.50 bits per heavy atom. The molecule has 0 spiro atoms. The fourth-order valence-corrected chi connectivity index (χ4v) is 0.213. The molecule has 0 aromatic heterocycles. The zero-order valence-corrected chi connectivity index (χ0v) is 4.33. The zero-order chi connectivity index (χ0) is 7.44. The van der Waals surface area contributed by atoms with E-state index >= 15 is 0 Å². The average molecular weight is 174 g/mol. The summed E-state index contributed by atoms with van der Waals surface area (Å²) in [4.78, 5) is 29.2. The van der Waals surface area contributed by atoms with Gasteiger partial charge in [-0.05, 0) is 0 Å². The average Bonchev–Trinajstić information content (AvgIpc) is 1.63. The van der Waals surface area contributed by atoms with E-state index in [1.807, 2.05) is 0 Å². The first-order chi connectivity index (χ1) is 4.04. The molecular formula is C4H6CaO5. The molecule has 0 unspecified atom stereocenters. The second-order valence-corrected chi connectivity index (χ2v) is 1.30. The Hall–Kier alpha value is -0.130. The van der Waals surface area contributed by atoms with Crippen molar-refractivity contribution in [1.29, 1.82) is 0 Å². The maximum atomic E-state index is 9.97. The van der Waals surface area contributed by atoms with Crippen LogP contribution < -0.4 is 0 Å². The Balaban J connectivity index is 0. The van der Waals surface area contributed by atoms with Crippen molar-refractivity contribution >= 4 is 55.5 Å². The van der Waals surface area contributed by atoms with Gasteiger partial charge < -0.3 is 10.2 Å². The summed E-state index contributed by atoms with van der Waals surface area (Å²) in [5.41, 5.74) is 0. The van der Waals surface area contributed by atoms with Crippen LogP contribution in [0.4, 0.5) is 0 Å². The van der Waals surface area contributed by atoms with Crippen LogP contribution in [0.25, 0.3) is 0 Å². The molecule has 5 nitrogen and oxygen atoms in total. The van der Waals surface area contributed by atoms with Crippen LogP contribution in [0.3, 0.4) is 0 Å². The molecule has 0 bridgehead atoms. The van der Waals surface area contributed by atoms with E-state index in [0.717, 1.165) is 0 Å². The molecule has 10 heavy (non-hydrogen) atoms. The third-order valence-electron chi connectivity index (χ3n) is 0.550. The van der Waals surface area contributed by atoms with Crippen molar-refractivity contribution in [1.82, 2.24) is 0 Å². The summed E-state index contributed by atoms with van der Waals surface area (Å²) in [6.07, 6.45) is -0.949. The van der Waals surface area contributed by atoms with Crippen LogP contribution in [0.15, 0.2) is 0 Å². The van der Waals surface area contributed by atoms with E-state index in [1.54, 1.807) is 0 Å². The molecule has 0 rings (SSSR count). The summed E-state index contributed by atoms with van der Waals surface area (Å²) in [6.45, 7) is 0. The van der Waals surface area contributed by atoms with Crippen molar-refractivity contribution in [3.63, 3.8) is 0 Å². The van der Waals surface area contributed by atoms with Crippen LogP contribution in [-0.2, 0) is 14.4 Å². The van der Waals surface area contributed by atoms with Gasteiger partial charge in [0.15, 0.2) is 0 Å². The maximum absolute atomic E-state index is 9.97. The predicted molar refractivity (Wildman–Crippen MR) is 33.4 cm³/mol. The van der Waals surface area contributed by atoms with E-state index in [-0.39, 0.29) is 37.7 Å². The Morgan fingerprint density at radius 3 is 1.60 bits per heavy atom. The zero-order valence-electron chi connectivity index (χ0n) is 4.33. The number of carbonyl (C=O) groups is 3. The van der Waals surface area contributed by atoms with Crippen molar-refractivity contribution < 1.29 is 24.6 Å². The fraction of sp³-hybridized carbons (Fsp3) is 0.250. The van der Waals surface area contributed by atoms with Gasteiger partial charge in [0.1, 0.15) is 6.42 Å². The number of rotatable bonds is 3. The van der Waals surface area contributed by atoms with E-state index in [1.165, 1.54) is 0 Å². The molecule has 0 radical (unpaired) electrons. The normalized spacial score (nSPS) is 7.60. The Kier molecular flexibility index (Phi) is 7.07. The molecule has 0 aliphatic rings. The number of aliphatic carboxylic acids is 2. The third-order valence-corrected chi connectivity index (χ3v) is 0.550. The van der Waals surface area contributed by atoms with Gasteiger partial charge in [0.2, 0.25) is 0 Å². The minimum atomic E-state index is -1.71. The Bertz CT molecular complexity index is 163. The van der Waals surface area contributed by atoms with Crippen molar-refractivity contribution in [2.45, 2.75) is 6.42 Å². The van der Waals surface area contributed by atoms with Gasteiger partial charge in [0.25, 0.3) is 5.78 Å². The first-order valence-corrected chi connectivity index (χ1v) is 2.02. The van der Waals surface area contributed by atoms with E-state index < -0.39 is 24.1 Å². The number of carboxylic acid groups (broad SMARTS) is 2. The van der Waals surface area contributed by atoms with E-state index in [4.69, 9.17) is 10.2 Å². The van der Waals surface area contributed by atoms with Crippen molar-refractivity contribution in [3.05, 3.63) is 0 Å². The molecule has 0 saturated carbocycles. The van der Waals surface area contributed by atoms with Gasteiger partial charge in [-0.15, -0.1) is 0 Å². The molecule has 0 aliphatic heterocycles. The van der Waals surface area contributed by atoms with Crippen LogP contribution in [0.2, 0.25) is 0 Å². The first kappa shape index (κ1) is 12.5. The molecule has 0 atom stereocenters. The summed E-state index contributed by atoms with van der Waals surface area (Å²) in [6, 6.07) is 0. The van der Waals surface area contributed by atoms with E-state index in [9.17, 15) is 14.4 Å². The Morgan fingerprint density at radius 1 is 1.10 bits per heavy atom. The summed E-state index contributed by atoms with van der Waals surface area (Å²) >= 11 is 0. The van der Waals surface area contributed by atoms with Gasteiger partial charge in [0.05, 0.1) is 0 Å². The van der Waals surface area contributed by atoms with Gasteiger partial charge in [-0.25, -0.2) is 4.79 Å². The van der Waals surface area contributed by atoms with Gasteiger partial charge >= 0.3 is 49.7 Å². The quantitative estimate of drug-likeness (QED) is 0.299. The number of carboxylic acids is 2. The third kappa shape index (κ3) is 6.00. The summed E-state index contributed by atoms with van der Waals surface area (Å²) in [5, 5.41) is 15.7. The first-order valence-electron chi connectivity index (χ1n) is 2.02. The minimum absolute atomic E-state index is 0. The monoisotopic (exact) mass is 174 g/mol. The molecule has 0 aliphatic carbocycles. The molecule has 2 N–H and O–H groups in total. The number of hydrogen-bond donors (Lipinski definition) is 2. The van der Waals surface area contributed by atoms with Gasteiger partial charge in [-0.1, -0.05) is 0 Å². The van der Waals surface area contributed by atoms with Crippen LogP contribution in [0.5, 0.6) is 0 Å². The molecule has 0 heterocycles. The topological polar surface area (TPSA) is 91.7 Å². The van der Waals surface area contributed by atoms with Crippen LogP contribution in [0, 0.1) is 0 Å². The Labute approximate surface area is 86.0 Å². The SMILES string of the molecule is O=C(O)CC(=O)C(=O)O.[CaH2]. The number of Topliss-reactive ketones (excluding diaryl/α,β-unsaturated/α-hetero) is 1. The van der Waals surface area contributed by atoms with E-state index in [0.29, 0.717) is 0 Å². The predicted octanol–water partition coefficient (Wildman–Crippen LogP) is -1.80. The molecule has 0 aromatic carbocycles. The molecule has 0 amide bonds. The summed E-state index contributed by atoms with van der Waals surface area (Å²) < 4.78 is 0.